The molecule has 0 radical (unpaired) electrons. The van der Waals surface area contributed by atoms with E-state index in [1.165, 1.54) is 0 Å². The van der Waals surface area contributed by atoms with Crippen molar-refractivity contribution in [3.05, 3.63) is 29.5 Å². The number of nitrogens with zero attached hydrogens (tertiary/aromatic N) is 1. The fourth-order valence-corrected chi connectivity index (χ4v) is 2.39. The van der Waals surface area contributed by atoms with Gasteiger partial charge in [0.1, 0.15) is 22.3 Å². The molecule has 0 bridgehead atoms. The van der Waals surface area contributed by atoms with E-state index in [1.807, 2.05) is 32.9 Å². The Bertz CT molecular complexity index is 997. The third-order valence-electron chi connectivity index (χ3n) is 3.62. The molecule has 2 rings (SSSR count). The van der Waals surface area contributed by atoms with Crippen LogP contribution in [-0.2, 0) is 23.7 Å². The number of methoxy groups -OCH3 is 1. The van der Waals surface area contributed by atoms with Crippen LogP contribution in [-0.4, -0.2) is 55.0 Å². The number of hydrogen-bond donors (Lipinski definition) is 1. The average molecular weight is 479 g/mol. The van der Waals surface area contributed by atoms with Crippen molar-refractivity contribution in [2.24, 2.45) is 0 Å². The Morgan fingerprint density at radius 2 is 1.82 bits per heavy atom. The van der Waals surface area contributed by atoms with Crippen molar-refractivity contribution in [3.63, 3.8) is 0 Å². The number of pyridine rings is 1. The predicted octanol–water partition coefficient (Wildman–Crippen LogP) is 4.97. The van der Waals surface area contributed by atoms with Gasteiger partial charge in [0.25, 0.3) is 6.47 Å². The van der Waals surface area contributed by atoms with E-state index in [2.05, 4.69) is 15.0 Å². The van der Waals surface area contributed by atoms with Crippen LogP contribution in [0.2, 0.25) is 0 Å². The molecule has 0 aliphatic carbocycles. The predicted molar refractivity (Wildman–Crippen MR) is 128 cm³/mol. The van der Waals surface area contributed by atoms with Crippen molar-refractivity contribution in [2.75, 3.05) is 25.6 Å². The fourth-order valence-electron chi connectivity index (χ4n) is 2.39. The van der Waals surface area contributed by atoms with Gasteiger partial charge in [0.05, 0.1) is 13.2 Å². The van der Waals surface area contributed by atoms with E-state index in [-0.39, 0.29) is 23.7 Å². The number of anilines is 1. The van der Waals surface area contributed by atoms with E-state index < -0.39 is 17.7 Å². The molecule has 2 aromatic heterocycles. The number of ether oxygens (including phenoxy) is 4. The van der Waals surface area contributed by atoms with Crippen molar-refractivity contribution in [1.82, 2.24) is 4.98 Å². The third-order valence-corrected chi connectivity index (χ3v) is 3.62. The quantitative estimate of drug-likeness (QED) is 0.333. The molecule has 34 heavy (non-hydrogen) atoms. The Labute approximate surface area is 199 Å². The van der Waals surface area contributed by atoms with E-state index in [0.717, 1.165) is 5.56 Å². The summed E-state index contributed by atoms with van der Waals surface area (Å²) in [6.45, 7) is 13.4. The first-order valence-corrected chi connectivity index (χ1v) is 10.7. The van der Waals surface area contributed by atoms with E-state index in [4.69, 9.17) is 18.6 Å². The summed E-state index contributed by atoms with van der Waals surface area (Å²) in [7, 11) is 1.60. The fraction of sp³-hybridized carbons (Fsp3) is 0.500. The molecule has 0 atom stereocenters. The van der Waals surface area contributed by atoms with Gasteiger partial charge in [0.2, 0.25) is 5.88 Å². The van der Waals surface area contributed by atoms with Gasteiger partial charge >= 0.3 is 12.1 Å². The summed E-state index contributed by atoms with van der Waals surface area (Å²) in [6.07, 6.45) is 4.47. The summed E-state index contributed by atoms with van der Waals surface area (Å²) >= 11 is 0. The molecule has 0 spiro atoms. The SMILES string of the molecule is CC(C)(C)OC=O.CCOC(=O)c1c(NC(=O)OC(C)(C)C)oc2cc(/C=C/COC)cnc12. The molecule has 10 nitrogen and oxygen atoms in total. The zero-order valence-corrected chi connectivity index (χ0v) is 21.0. The van der Waals surface area contributed by atoms with Gasteiger partial charge in [-0.25, -0.2) is 9.59 Å². The van der Waals surface area contributed by atoms with Gasteiger partial charge in [0.15, 0.2) is 5.58 Å². The van der Waals surface area contributed by atoms with Crippen LogP contribution in [0.5, 0.6) is 0 Å². The molecule has 0 saturated heterocycles. The summed E-state index contributed by atoms with van der Waals surface area (Å²) in [6, 6.07) is 1.71. The van der Waals surface area contributed by atoms with Gasteiger partial charge in [-0.1, -0.05) is 12.2 Å². The standard InChI is InChI=1S/C19H24N2O6.C5H10O2/c1-6-25-17(22)14-15-13(10-12(11-20-15)8-7-9-24-5)26-16(14)21-18(23)27-19(2,3)4;1-5(2,3)7-4-6/h7-8,10-11H,6,9H2,1-5H3,(H,21,23);4H,1-3H3/b8-7+;. The maximum absolute atomic E-state index is 12.4. The Morgan fingerprint density at radius 3 is 2.32 bits per heavy atom. The van der Waals surface area contributed by atoms with Crippen molar-refractivity contribution in [1.29, 1.82) is 0 Å². The lowest BCUT2D eigenvalue weighted by molar-refractivity contribution is -0.138. The molecule has 2 aromatic rings. The number of esters is 1. The highest BCUT2D eigenvalue weighted by Gasteiger charge is 2.26. The van der Waals surface area contributed by atoms with Gasteiger partial charge < -0.3 is 23.4 Å². The summed E-state index contributed by atoms with van der Waals surface area (Å²) in [5, 5.41) is 2.46. The minimum Gasteiger partial charge on any atom is -0.462 e. The van der Waals surface area contributed by atoms with Crippen LogP contribution < -0.4 is 5.32 Å². The monoisotopic (exact) mass is 478 g/mol. The van der Waals surface area contributed by atoms with Crippen LogP contribution in [0.25, 0.3) is 17.2 Å². The third kappa shape index (κ3) is 10.0. The largest absolute Gasteiger partial charge is 0.462 e. The van der Waals surface area contributed by atoms with Gasteiger partial charge in [0, 0.05) is 13.3 Å². The molecule has 0 aromatic carbocycles. The van der Waals surface area contributed by atoms with E-state index >= 15 is 0 Å². The second kappa shape index (κ2) is 12.7. The van der Waals surface area contributed by atoms with Crippen LogP contribution in [0.4, 0.5) is 10.7 Å². The van der Waals surface area contributed by atoms with Crippen molar-refractivity contribution >= 4 is 41.6 Å². The molecule has 1 amide bonds. The summed E-state index contributed by atoms with van der Waals surface area (Å²) in [5.41, 5.74) is 0.421. The lowest BCUT2D eigenvalue weighted by Gasteiger charge is -2.19. The molecule has 0 unspecified atom stereocenters. The zero-order valence-electron chi connectivity index (χ0n) is 21.0. The number of furan rings is 1. The first kappa shape index (κ1) is 28.6. The highest BCUT2D eigenvalue weighted by Crippen LogP contribution is 2.30. The number of hydrogen-bond acceptors (Lipinski definition) is 9. The highest BCUT2D eigenvalue weighted by atomic mass is 16.6. The number of rotatable bonds is 7. The molecule has 0 aliphatic rings. The van der Waals surface area contributed by atoms with Crippen LogP contribution in [0.15, 0.2) is 22.8 Å². The van der Waals surface area contributed by atoms with Crippen LogP contribution in [0, 0.1) is 0 Å². The topological polar surface area (TPSA) is 126 Å². The number of carbonyl (C=O) groups is 3. The minimum atomic E-state index is -0.743. The minimum absolute atomic E-state index is 0.0464. The zero-order chi connectivity index (χ0) is 25.9. The number of fused-ring (bicyclic) bond motifs is 1. The summed E-state index contributed by atoms with van der Waals surface area (Å²) < 4.78 is 25.4. The average Bonchev–Trinajstić information content (AvgIpc) is 3.03. The maximum atomic E-state index is 12.4. The number of aromatic nitrogens is 1. The lowest BCUT2D eigenvalue weighted by Crippen LogP contribution is -2.27. The van der Waals surface area contributed by atoms with Gasteiger partial charge in [-0.05, 0) is 60.1 Å². The molecule has 0 fully saturated rings. The summed E-state index contributed by atoms with van der Waals surface area (Å²) in [4.78, 5) is 38.3. The van der Waals surface area contributed by atoms with Gasteiger partial charge in [-0.3, -0.25) is 15.1 Å². The van der Waals surface area contributed by atoms with Crippen LogP contribution in [0.1, 0.15) is 64.4 Å². The molecule has 10 heteroatoms. The smallest absolute Gasteiger partial charge is 0.414 e. The van der Waals surface area contributed by atoms with Gasteiger partial charge in [-0.15, -0.1) is 0 Å². The maximum Gasteiger partial charge on any atom is 0.414 e. The first-order valence-electron chi connectivity index (χ1n) is 10.7. The molecular formula is C24H34N2O8. The van der Waals surface area contributed by atoms with Gasteiger partial charge in [-0.2, -0.15) is 0 Å². The number of nitrogens with one attached hydrogen (secondary N) is 1. The van der Waals surface area contributed by atoms with E-state index in [0.29, 0.717) is 24.2 Å². The van der Waals surface area contributed by atoms with Crippen molar-refractivity contribution < 1.29 is 37.7 Å². The highest BCUT2D eigenvalue weighted by molar-refractivity contribution is 6.08. The molecule has 0 saturated carbocycles. The Kier molecular flexibility index (Phi) is 10.7. The Balaban J connectivity index is 0.000000718. The number of carbonyl (C=O) groups excluding carboxylic acids is 3. The number of amides is 1. The second-order valence-electron chi connectivity index (χ2n) is 8.95. The molecular weight excluding hydrogens is 444 g/mol. The molecule has 188 valence electrons. The van der Waals surface area contributed by atoms with E-state index in [9.17, 15) is 14.4 Å². The molecule has 1 N–H and O–H groups in total. The molecule has 0 aliphatic heterocycles. The lowest BCUT2D eigenvalue weighted by atomic mass is 10.2. The van der Waals surface area contributed by atoms with Crippen LogP contribution >= 0.6 is 0 Å². The van der Waals surface area contributed by atoms with E-state index in [1.54, 1.807) is 47.1 Å². The second-order valence-corrected chi connectivity index (χ2v) is 8.95. The summed E-state index contributed by atoms with van der Waals surface area (Å²) in [5.74, 6) is -0.708. The Morgan fingerprint density at radius 1 is 1.15 bits per heavy atom. The van der Waals surface area contributed by atoms with Crippen molar-refractivity contribution in [3.8, 4) is 0 Å². The van der Waals surface area contributed by atoms with Crippen LogP contribution in [0.3, 0.4) is 0 Å². The van der Waals surface area contributed by atoms with Crippen molar-refractivity contribution in [2.45, 2.75) is 59.7 Å². The molecule has 2 heterocycles. The Hall–Kier alpha value is -3.40. The normalized spacial score (nSPS) is 11.5. The first-order chi connectivity index (χ1) is 15.8.